The number of hydrazine groups is 1. The number of carbonyl (C=O) groups excluding carboxylic acids is 2. The van der Waals surface area contributed by atoms with Gasteiger partial charge in [0.2, 0.25) is 5.91 Å². The number of benzene rings is 1. The van der Waals surface area contributed by atoms with Gasteiger partial charge in [0, 0.05) is 19.5 Å². The Balaban J connectivity index is 3.56. The summed E-state index contributed by atoms with van der Waals surface area (Å²) in [5.74, 6) is -0.634. The molecule has 1 unspecified atom stereocenters. The fourth-order valence-electron chi connectivity index (χ4n) is 4.07. The van der Waals surface area contributed by atoms with Gasteiger partial charge in [-0.3, -0.25) is 15.0 Å². The van der Waals surface area contributed by atoms with E-state index in [1.165, 1.54) is 5.01 Å². The van der Waals surface area contributed by atoms with Gasteiger partial charge in [-0.1, -0.05) is 65.0 Å². The summed E-state index contributed by atoms with van der Waals surface area (Å²) >= 11 is 0. The van der Waals surface area contributed by atoms with Crippen molar-refractivity contribution in [2.45, 2.75) is 85.4 Å². The maximum atomic E-state index is 13.7. The van der Waals surface area contributed by atoms with Crippen LogP contribution in [0.5, 0.6) is 0 Å². The molecule has 1 rings (SSSR count). The quantitative estimate of drug-likeness (QED) is 0.212. The minimum atomic E-state index is -4.14. The van der Waals surface area contributed by atoms with Crippen molar-refractivity contribution in [3.05, 3.63) is 35.9 Å². The van der Waals surface area contributed by atoms with Crippen LogP contribution in [-0.4, -0.2) is 103 Å². The molecule has 0 saturated heterocycles. The Kier molecular flexibility index (Phi) is 14.4. The predicted molar refractivity (Wildman–Crippen MR) is 162 cm³/mol. The molecule has 0 fully saturated rings. The van der Waals surface area contributed by atoms with Gasteiger partial charge in [-0.2, -0.15) is 17.4 Å². The molecule has 12 heteroatoms. The number of amides is 2. The minimum absolute atomic E-state index is 0.0164. The lowest BCUT2D eigenvalue weighted by Crippen LogP contribution is -2.61. The molecule has 11 nitrogen and oxygen atoms in total. The van der Waals surface area contributed by atoms with Crippen molar-refractivity contribution in [1.82, 2.24) is 24.4 Å². The molecule has 0 heterocycles. The third-order valence-electron chi connectivity index (χ3n) is 6.21. The van der Waals surface area contributed by atoms with Gasteiger partial charge in [0.05, 0.1) is 30.8 Å². The largest absolute Gasteiger partial charge is 0.394 e. The van der Waals surface area contributed by atoms with Crippen LogP contribution >= 0.6 is 0 Å². The number of rotatable bonds is 16. The van der Waals surface area contributed by atoms with Crippen molar-refractivity contribution in [2.24, 2.45) is 11.3 Å². The molecule has 236 valence electrons. The molecule has 2 atom stereocenters. The molecule has 0 saturated carbocycles. The molecule has 0 aliphatic rings. The Labute approximate surface area is 247 Å². The standard InChI is InChI=1S/C29H53N5O6S/c1-22(2)15-16-33(41(39,40)31-29(6,7)21-35)19-25(36)24(17-23-13-11-10-12-14-23)34(27(38)18-28(3,4)5)30-26(37)20-32(8)9/h10-14,22,24-25,31,35-36H,15-21H2,1-9H3,(H,30,37)/t24?,25-/m1/s1. The van der Waals surface area contributed by atoms with Crippen LogP contribution < -0.4 is 10.1 Å². The van der Waals surface area contributed by atoms with Gasteiger partial charge >= 0.3 is 0 Å². The monoisotopic (exact) mass is 599 g/mol. The Hall–Kier alpha value is -2.09. The van der Waals surface area contributed by atoms with Crippen LogP contribution in [0, 0.1) is 11.3 Å². The summed E-state index contributed by atoms with van der Waals surface area (Å²) in [5.41, 5.74) is 1.98. The van der Waals surface area contributed by atoms with Crippen molar-refractivity contribution < 1.29 is 28.2 Å². The van der Waals surface area contributed by atoms with Gasteiger partial charge in [0.1, 0.15) is 0 Å². The fourth-order valence-corrected chi connectivity index (χ4v) is 5.66. The molecule has 1 aromatic carbocycles. The lowest BCUT2D eigenvalue weighted by molar-refractivity contribution is -0.149. The van der Waals surface area contributed by atoms with Crippen LogP contribution in [0.2, 0.25) is 0 Å². The average molecular weight is 600 g/mol. The summed E-state index contributed by atoms with van der Waals surface area (Å²) in [5, 5.41) is 22.6. The zero-order chi connectivity index (χ0) is 31.6. The van der Waals surface area contributed by atoms with Crippen LogP contribution in [0.25, 0.3) is 0 Å². The topological polar surface area (TPSA) is 143 Å². The third kappa shape index (κ3) is 14.1. The van der Waals surface area contributed by atoms with E-state index in [4.69, 9.17) is 0 Å². The van der Waals surface area contributed by atoms with E-state index in [1.807, 2.05) is 65.0 Å². The van der Waals surface area contributed by atoms with E-state index < -0.39 is 45.8 Å². The molecule has 0 bridgehead atoms. The third-order valence-corrected chi connectivity index (χ3v) is 8.03. The Morgan fingerprint density at radius 3 is 2.10 bits per heavy atom. The number of likely N-dealkylation sites (N-methyl/N-ethyl adjacent to an activating group) is 1. The second-order valence-electron chi connectivity index (χ2n) is 13.3. The zero-order valence-corrected chi connectivity index (χ0v) is 27.2. The first kappa shape index (κ1) is 36.9. The molecule has 0 radical (unpaired) electrons. The summed E-state index contributed by atoms with van der Waals surface area (Å²) in [6.45, 7) is 12.2. The van der Waals surface area contributed by atoms with Crippen LogP contribution in [0.15, 0.2) is 30.3 Å². The van der Waals surface area contributed by atoms with E-state index >= 15 is 0 Å². The zero-order valence-electron chi connectivity index (χ0n) is 26.3. The second-order valence-corrected chi connectivity index (χ2v) is 15.0. The molecule has 0 aromatic heterocycles. The van der Waals surface area contributed by atoms with Gasteiger partial charge < -0.3 is 15.1 Å². The molecule has 2 amide bonds. The maximum Gasteiger partial charge on any atom is 0.280 e. The van der Waals surface area contributed by atoms with Crippen molar-refractivity contribution in [1.29, 1.82) is 0 Å². The Morgan fingerprint density at radius 2 is 1.61 bits per heavy atom. The summed E-state index contributed by atoms with van der Waals surface area (Å²) in [6, 6.07) is 8.26. The molecule has 4 N–H and O–H groups in total. The molecule has 1 aromatic rings. The number of carbonyl (C=O) groups is 2. The van der Waals surface area contributed by atoms with E-state index in [-0.39, 0.29) is 44.3 Å². The first-order chi connectivity index (χ1) is 18.8. The normalized spacial score (nSPS) is 14.4. The summed E-state index contributed by atoms with van der Waals surface area (Å²) in [6.07, 6.45) is -0.564. The second kappa shape index (κ2) is 15.9. The van der Waals surface area contributed by atoms with Gasteiger partial charge in [0.25, 0.3) is 16.1 Å². The average Bonchev–Trinajstić information content (AvgIpc) is 2.82. The number of aliphatic hydroxyl groups is 2. The Bertz CT molecular complexity index is 1060. The highest BCUT2D eigenvalue weighted by molar-refractivity contribution is 7.87. The van der Waals surface area contributed by atoms with Gasteiger partial charge in [-0.15, -0.1) is 0 Å². The summed E-state index contributed by atoms with van der Waals surface area (Å²) in [7, 11) is -0.674. The van der Waals surface area contributed by atoms with E-state index in [0.717, 1.165) is 9.87 Å². The highest BCUT2D eigenvalue weighted by atomic mass is 32.2. The van der Waals surface area contributed by atoms with Crippen molar-refractivity contribution >= 4 is 22.0 Å². The number of hydrogen-bond donors (Lipinski definition) is 4. The van der Waals surface area contributed by atoms with Gasteiger partial charge in [-0.25, -0.2) is 5.01 Å². The fraction of sp³-hybridized carbons (Fsp3) is 0.724. The number of nitrogens with one attached hydrogen (secondary N) is 2. The van der Waals surface area contributed by atoms with Crippen molar-refractivity contribution in [2.75, 3.05) is 40.3 Å². The first-order valence-corrected chi connectivity index (χ1v) is 15.6. The first-order valence-electron chi connectivity index (χ1n) is 14.1. The highest BCUT2D eigenvalue weighted by Gasteiger charge is 2.37. The molecular formula is C29H53N5O6S. The Morgan fingerprint density at radius 1 is 1.02 bits per heavy atom. The minimum Gasteiger partial charge on any atom is -0.394 e. The maximum absolute atomic E-state index is 13.7. The molecule has 0 aliphatic carbocycles. The van der Waals surface area contributed by atoms with E-state index in [1.54, 1.807) is 32.8 Å². The van der Waals surface area contributed by atoms with Crippen molar-refractivity contribution in [3.8, 4) is 0 Å². The van der Waals surface area contributed by atoms with Crippen LogP contribution in [-0.2, 0) is 26.2 Å². The molecular weight excluding hydrogens is 546 g/mol. The van der Waals surface area contributed by atoms with E-state index in [9.17, 15) is 28.2 Å². The smallest absolute Gasteiger partial charge is 0.280 e. The van der Waals surface area contributed by atoms with Crippen LogP contribution in [0.4, 0.5) is 0 Å². The van der Waals surface area contributed by atoms with Gasteiger partial charge in [-0.05, 0) is 57.7 Å². The number of aliphatic hydroxyl groups excluding tert-OH is 2. The highest BCUT2D eigenvalue weighted by Crippen LogP contribution is 2.23. The van der Waals surface area contributed by atoms with Crippen LogP contribution in [0.1, 0.15) is 66.9 Å². The predicted octanol–water partition coefficient (Wildman–Crippen LogP) is 1.77. The summed E-state index contributed by atoms with van der Waals surface area (Å²) in [4.78, 5) is 28.2. The summed E-state index contributed by atoms with van der Waals surface area (Å²) < 4.78 is 30.6. The molecule has 0 spiro atoms. The van der Waals surface area contributed by atoms with Crippen LogP contribution in [0.3, 0.4) is 0 Å². The molecule has 41 heavy (non-hydrogen) atoms. The lowest BCUT2D eigenvalue weighted by atomic mass is 9.91. The van der Waals surface area contributed by atoms with Crippen molar-refractivity contribution in [3.63, 3.8) is 0 Å². The van der Waals surface area contributed by atoms with E-state index in [0.29, 0.717) is 6.42 Å². The SMILES string of the molecule is CC(C)CCN(C[C@@H](O)C(Cc1ccccc1)N(NC(=O)CN(C)C)C(=O)CC(C)(C)C)S(=O)(=O)NC(C)(C)CO. The number of hydrogen-bond acceptors (Lipinski definition) is 7. The molecule has 0 aliphatic heterocycles. The lowest BCUT2D eigenvalue weighted by Gasteiger charge is -2.38. The van der Waals surface area contributed by atoms with Gasteiger partial charge in [0.15, 0.2) is 0 Å². The number of nitrogens with zero attached hydrogens (tertiary/aromatic N) is 3. The van der Waals surface area contributed by atoms with E-state index in [2.05, 4.69) is 10.1 Å².